The van der Waals surface area contributed by atoms with Crippen molar-refractivity contribution in [2.45, 2.75) is 46.2 Å². The average Bonchev–Trinajstić information content (AvgIpc) is 2.58. The lowest BCUT2D eigenvalue weighted by atomic mass is 10.2. The summed E-state index contributed by atoms with van der Waals surface area (Å²) in [6.45, 7) is 6.53. The summed E-state index contributed by atoms with van der Waals surface area (Å²) in [5.74, 6) is -2.53. The molecular formula is C17H26NO7P. The summed E-state index contributed by atoms with van der Waals surface area (Å²) in [5.41, 5.74) is 0.766. The minimum absolute atomic E-state index is 0.00775. The van der Waals surface area contributed by atoms with Gasteiger partial charge in [-0.2, -0.15) is 0 Å². The number of carbonyl (C=O) groups excluding carboxylic acids is 2. The number of esters is 1. The van der Waals surface area contributed by atoms with Crippen molar-refractivity contribution >= 4 is 19.7 Å². The Kier molecular flexibility index (Phi) is 9.34. The van der Waals surface area contributed by atoms with E-state index >= 15 is 0 Å². The van der Waals surface area contributed by atoms with E-state index in [9.17, 15) is 14.2 Å². The zero-order valence-electron chi connectivity index (χ0n) is 15.5. The monoisotopic (exact) mass is 387 g/mol. The Labute approximate surface area is 153 Å². The molecule has 0 saturated carbocycles. The van der Waals surface area contributed by atoms with Crippen molar-refractivity contribution in [2.24, 2.45) is 0 Å². The Morgan fingerprint density at radius 2 is 1.65 bits per heavy atom. The summed E-state index contributed by atoms with van der Waals surface area (Å²) < 4.78 is 33.4. The molecule has 1 aromatic carbocycles. The SMILES string of the molecule is CCOP(=O)(OCC)C(NC(=O)OCc1ccccc1)C(=O)OC(C)C. The molecule has 0 aliphatic rings. The smallest absolute Gasteiger partial charge is 0.408 e. The lowest BCUT2D eigenvalue weighted by Crippen LogP contribution is -2.43. The molecule has 1 aromatic rings. The zero-order chi connectivity index (χ0) is 19.6. The van der Waals surface area contributed by atoms with Gasteiger partial charge in [0.25, 0.3) is 0 Å². The molecule has 0 radical (unpaired) electrons. The van der Waals surface area contributed by atoms with Crippen LogP contribution in [-0.4, -0.2) is 37.2 Å². The fourth-order valence-corrected chi connectivity index (χ4v) is 3.66. The number of rotatable bonds is 10. The summed E-state index contributed by atoms with van der Waals surface area (Å²) in [7, 11) is -3.98. The Bertz CT molecular complexity index is 611. The molecule has 0 bridgehead atoms. The third-order valence-electron chi connectivity index (χ3n) is 2.98. The summed E-state index contributed by atoms with van der Waals surface area (Å²) in [6, 6.07) is 9.00. The zero-order valence-corrected chi connectivity index (χ0v) is 16.4. The maximum absolute atomic E-state index is 12.9. The van der Waals surface area contributed by atoms with Crippen LogP contribution < -0.4 is 5.32 Å². The molecule has 1 unspecified atom stereocenters. The summed E-state index contributed by atoms with van der Waals surface area (Å²) in [5, 5.41) is 2.25. The topological polar surface area (TPSA) is 100 Å². The molecule has 1 rings (SSSR count). The van der Waals surface area contributed by atoms with Gasteiger partial charge in [-0.15, -0.1) is 0 Å². The number of hydrogen-bond acceptors (Lipinski definition) is 7. The molecule has 146 valence electrons. The van der Waals surface area contributed by atoms with Crippen LogP contribution in [0, 0.1) is 0 Å². The first-order valence-corrected chi connectivity index (χ1v) is 10.00. The van der Waals surface area contributed by atoms with Gasteiger partial charge in [0.1, 0.15) is 6.61 Å². The van der Waals surface area contributed by atoms with Crippen molar-refractivity contribution in [3.8, 4) is 0 Å². The van der Waals surface area contributed by atoms with Crippen LogP contribution in [0.1, 0.15) is 33.3 Å². The Balaban J connectivity index is 2.87. The van der Waals surface area contributed by atoms with Crippen LogP contribution in [-0.2, 0) is 34.5 Å². The number of alkyl carbamates (subject to hydrolysis) is 1. The van der Waals surface area contributed by atoms with Gasteiger partial charge < -0.3 is 18.5 Å². The fraction of sp³-hybridized carbons (Fsp3) is 0.529. The van der Waals surface area contributed by atoms with Gasteiger partial charge in [0.2, 0.25) is 5.78 Å². The van der Waals surface area contributed by atoms with E-state index in [0.29, 0.717) is 0 Å². The number of nitrogens with one attached hydrogen (secondary N) is 1. The molecule has 0 aliphatic heterocycles. The number of benzene rings is 1. The Hall–Kier alpha value is -1.89. The normalized spacial score (nSPS) is 12.5. The van der Waals surface area contributed by atoms with E-state index in [2.05, 4.69) is 5.32 Å². The maximum Gasteiger partial charge on any atom is 0.408 e. The van der Waals surface area contributed by atoms with Crippen LogP contribution in [0.15, 0.2) is 30.3 Å². The van der Waals surface area contributed by atoms with Crippen LogP contribution in [0.3, 0.4) is 0 Å². The van der Waals surface area contributed by atoms with E-state index in [1.807, 2.05) is 6.07 Å². The second kappa shape index (κ2) is 11.0. The minimum atomic E-state index is -3.98. The fourth-order valence-electron chi connectivity index (χ4n) is 1.99. The number of hydrogen-bond donors (Lipinski definition) is 1. The van der Waals surface area contributed by atoms with Crippen molar-refractivity contribution in [2.75, 3.05) is 13.2 Å². The van der Waals surface area contributed by atoms with Crippen LogP contribution in [0.4, 0.5) is 4.79 Å². The Morgan fingerprint density at radius 1 is 1.08 bits per heavy atom. The van der Waals surface area contributed by atoms with Gasteiger partial charge in [0.05, 0.1) is 19.3 Å². The third-order valence-corrected chi connectivity index (χ3v) is 5.19. The van der Waals surface area contributed by atoms with E-state index in [-0.39, 0.29) is 19.8 Å². The number of carbonyl (C=O) groups is 2. The first kappa shape index (κ1) is 22.2. The number of ether oxygens (including phenoxy) is 2. The van der Waals surface area contributed by atoms with E-state index < -0.39 is 31.5 Å². The van der Waals surface area contributed by atoms with E-state index in [4.69, 9.17) is 18.5 Å². The van der Waals surface area contributed by atoms with Gasteiger partial charge in [-0.3, -0.25) is 9.88 Å². The van der Waals surface area contributed by atoms with Crippen molar-refractivity contribution in [3.05, 3.63) is 35.9 Å². The van der Waals surface area contributed by atoms with Crippen molar-refractivity contribution in [3.63, 3.8) is 0 Å². The summed E-state index contributed by atoms with van der Waals surface area (Å²) in [4.78, 5) is 24.4. The van der Waals surface area contributed by atoms with Gasteiger partial charge in [0.15, 0.2) is 0 Å². The first-order valence-electron chi connectivity index (χ1n) is 8.38. The van der Waals surface area contributed by atoms with Crippen LogP contribution >= 0.6 is 7.60 Å². The van der Waals surface area contributed by atoms with Crippen LogP contribution in [0.5, 0.6) is 0 Å². The summed E-state index contributed by atoms with van der Waals surface area (Å²) in [6.07, 6.45) is -1.40. The number of amides is 1. The van der Waals surface area contributed by atoms with Gasteiger partial charge in [0, 0.05) is 0 Å². The van der Waals surface area contributed by atoms with E-state index in [1.165, 1.54) is 0 Å². The van der Waals surface area contributed by atoms with E-state index in [0.717, 1.165) is 5.56 Å². The molecule has 8 nitrogen and oxygen atoms in total. The highest BCUT2D eigenvalue weighted by Gasteiger charge is 2.44. The molecule has 9 heteroatoms. The second-order valence-corrected chi connectivity index (χ2v) is 7.58. The molecule has 1 atom stereocenters. The highest BCUT2D eigenvalue weighted by molar-refractivity contribution is 7.55. The van der Waals surface area contributed by atoms with Crippen molar-refractivity contribution in [1.82, 2.24) is 5.32 Å². The molecule has 1 amide bonds. The van der Waals surface area contributed by atoms with E-state index in [1.54, 1.807) is 52.0 Å². The van der Waals surface area contributed by atoms with Crippen molar-refractivity contribution < 1.29 is 32.7 Å². The highest BCUT2D eigenvalue weighted by Crippen LogP contribution is 2.52. The van der Waals surface area contributed by atoms with Gasteiger partial charge in [-0.25, -0.2) is 9.59 Å². The van der Waals surface area contributed by atoms with Crippen LogP contribution in [0.2, 0.25) is 0 Å². The van der Waals surface area contributed by atoms with Crippen LogP contribution in [0.25, 0.3) is 0 Å². The molecular weight excluding hydrogens is 361 g/mol. The largest absolute Gasteiger partial charge is 0.461 e. The first-order chi connectivity index (χ1) is 12.3. The molecule has 0 spiro atoms. The molecule has 1 N–H and O–H groups in total. The average molecular weight is 387 g/mol. The Morgan fingerprint density at radius 3 is 2.15 bits per heavy atom. The minimum Gasteiger partial charge on any atom is -0.461 e. The molecule has 0 heterocycles. The molecule has 0 aromatic heterocycles. The summed E-state index contributed by atoms with van der Waals surface area (Å²) >= 11 is 0. The maximum atomic E-state index is 12.9. The molecule has 0 saturated heterocycles. The second-order valence-electron chi connectivity index (χ2n) is 5.47. The predicted octanol–water partition coefficient (Wildman–Crippen LogP) is 3.46. The third kappa shape index (κ3) is 7.15. The van der Waals surface area contributed by atoms with Crippen molar-refractivity contribution in [1.29, 1.82) is 0 Å². The highest BCUT2D eigenvalue weighted by atomic mass is 31.2. The molecule has 0 fully saturated rings. The molecule has 0 aliphatic carbocycles. The predicted molar refractivity (Wildman–Crippen MR) is 95.6 cm³/mol. The quantitative estimate of drug-likeness (QED) is 0.485. The lowest BCUT2D eigenvalue weighted by Gasteiger charge is -2.26. The molecule has 26 heavy (non-hydrogen) atoms. The van der Waals surface area contributed by atoms with Gasteiger partial charge in [-0.05, 0) is 33.3 Å². The van der Waals surface area contributed by atoms with Gasteiger partial charge in [-0.1, -0.05) is 30.3 Å². The standard InChI is InChI=1S/C17H26NO7P/c1-5-23-26(21,24-6-2)15(16(19)25-13(3)4)18-17(20)22-12-14-10-8-7-9-11-14/h7-11,13,15H,5-6,12H2,1-4H3,(H,18,20). The lowest BCUT2D eigenvalue weighted by molar-refractivity contribution is -0.148. The van der Waals surface area contributed by atoms with Gasteiger partial charge >= 0.3 is 19.7 Å².